The van der Waals surface area contributed by atoms with Crippen molar-refractivity contribution >= 4 is 27.6 Å². The lowest BCUT2D eigenvalue weighted by Crippen LogP contribution is -2.32. The van der Waals surface area contributed by atoms with Crippen LogP contribution in [0.1, 0.15) is 30.6 Å². The second-order valence-corrected chi connectivity index (χ2v) is 6.12. The van der Waals surface area contributed by atoms with Gasteiger partial charge < -0.3 is 5.11 Å². The third-order valence-corrected chi connectivity index (χ3v) is 4.30. The first-order valence-corrected chi connectivity index (χ1v) is 7.29. The van der Waals surface area contributed by atoms with E-state index in [1.807, 2.05) is 0 Å². The number of hydrogen-bond acceptors (Lipinski definition) is 3. The predicted molar refractivity (Wildman–Crippen MR) is 68.4 cm³/mol. The van der Waals surface area contributed by atoms with Crippen molar-refractivity contribution in [3.8, 4) is 0 Å². The predicted octanol–water partition coefficient (Wildman–Crippen LogP) is 2.25. The summed E-state index contributed by atoms with van der Waals surface area (Å²) in [5, 5.41) is 8.63. The summed E-state index contributed by atoms with van der Waals surface area (Å²) in [6.45, 7) is 3.36. The van der Waals surface area contributed by atoms with E-state index in [0.29, 0.717) is 6.42 Å². The van der Waals surface area contributed by atoms with E-state index in [2.05, 4.69) is 4.72 Å². The highest BCUT2D eigenvalue weighted by Crippen LogP contribution is 2.24. The molecule has 0 aliphatic heterocycles. The standard InChI is InChI=1S/C11H13ClFNO4S/c1-3-6(2)14-19(17,18)9-5-7(12)4-8(10(9)13)11(15)16/h4-6,14H,3H2,1-2H3,(H,15,16). The van der Waals surface area contributed by atoms with Crippen LogP contribution in [0.2, 0.25) is 5.02 Å². The molecule has 19 heavy (non-hydrogen) atoms. The van der Waals surface area contributed by atoms with Crippen molar-refractivity contribution in [2.75, 3.05) is 0 Å². The number of sulfonamides is 1. The number of aromatic carboxylic acids is 1. The number of benzene rings is 1. The molecule has 0 aromatic heterocycles. The van der Waals surface area contributed by atoms with Crippen molar-refractivity contribution in [3.63, 3.8) is 0 Å². The van der Waals surface area contributed by atoms with Crippen LogP contribution in [0.4, 0.5) is 4.39 Å². The second kappa shape index (κ2) is 5.85. The van der Waals surface area contributed by atoms with E-state index in [0.717, 1.165) is 12.1 Å². The molecule has 8 heteroatoms. The van der Waals surface area contributed by atoms with E-state index in [-0.39, 0.29) is 5.02 Å². The van der Waals surface area contributed by atoms with Crippen LogP contribution in [0.15, 0.2) is 17.0 Å². The molecular weight excluding hydrogens is 297 g/mol. The maximum absolute atomic E-state index is 13.9. The summed E-state index contributed by atoms with van der Waals surface area (Å²) >= 11 is 5.62. The van der Waals surface area contributed by atoms with Gasteiger partial charge in [0.2, 0.25) is 10.0 Å². The lowest BCUT2D eigenvalue weighted by molar-refractivity contribution is 0.0691. The van der Waals surface area contributed by atoms with Crippen LogP contribution in [0.5, 0.6) is 0 Å². The minimum Gasteiger partial charge on any atom is -0.478 e. The molecule has 106 valence electrons. The number of carboxylic acids is 1. The number of hydrogen-bond donors (Lipinski definition) is 2. The van der Waals surface area contributed by atoms with Gasteiger partial charge in [-0.25, -0.2) is 22.3 Å². The zero-order chi connectivity index (χ0) is 14.8. The molecule has 0 radical (unpaired) electrons. The van der Waals surface area contributed by atoms with Gasteiger partial charge in [0.1, 0.15) is 4.90 Å². The molecule has 1 aromatic carbocycles. The van der Waals surface area contributed by atoms with Crippen LogP contribution in [0.25, 0.3) is 0 Å². The Morgan fingerprint density at radius 1 is 1.53 bits per heavy atom. The van der Waals surface area contributed by atoms with Crippen LogP contribution in [0, 0.1) is 5.82 Å². The van der Waals surface area contributed by atoms with Gasteiger partial charge in [-0.2, -0.15) is 0 Å². The van der Waals surface area contributed by atoms with E-state index in [1.54, 1.807) is 13.8 Å². The molecule has 0 bridgehead atoms. The van der Waals surface area contributed by atoms with Crippen LogP contribution in [-0.4, -0.2) is 25.5 Å². The van der Waals surface area contributed by atoms with Gasteiger partial charge in [0.05, 0.1) is 5.56 Å². The first kappa shape index (κ1) is 15.9. The summed E-state index contributed by atoms with van der Waals surface area (Å²) in [5.41, 5.74) is -0.781. The van der Waals surface area contributed by atoms with Gasteiger partial charge in [-0.05, 0) is 25.5 Å². The Morgan fingerprint density at radius 3 is 2.58 bits per heavy atom. The first-order valence-electron chi connectivity index (χ1n) is 5.43. The number of carbonyl (C=O) groups is 1. The molecule has 1 rings (SSSR count). The summed E-state index contributed by atoms with van der Waals surface area (Å²) in [7, 11) is -4.15. The fraction of sp³-hybridized carbons (Fsp3) is 0.364. The van der Waals surface area contributed by atoms with Gasteiger partial charge in [0.25, 0.3) is 0 Å². The van der Waals surface area contributed by atoms with Crippen LogP contribution in [0.3, 0.4) is 0 Å². The van der Waals surface area contributed by atoms with Crippen molar-refractivity contribution in [2.24, 2.45) is 0 Å². The highest BCUT2D eigenvalue weighted by molar-refractivity contribution is 7.89. The van der Waals surface area contributed by atoms with Gasteiger partial charge in [-0.1, -0.05) is 18.5 Å². The fourth-order valence-electron chi connectivity index (χ4n) is 1.33. The quantitative estimate of drug-likeness (QED) is 0.874. The monoisotopic (exact) mass is 309 g/mol. The molecule has 2 N–H and O–H groups in total. The summed E-state index contributed by atoms with van der Waals surface area (Å²) in [6, 6.07) is 1.34. The highest BCUT2D eigenvalue weighted by atomic mass is 35.5. The van der Waals surface area contributed by atoms with Crippen molar-refractivity contribution in [1.29, 1.82) is 0 Å². The zero-order valence-electron chi connectivity index (χ0n) is 10.3. The topological polar surface area (TPSA) is 83.5 Å². The Morgan fingerprint density at radius 2 is 2.11 bits per heavy atom. The minimum atomic E-state index is -4.15. The Kier molecular flexibility index (Phi) is 4.89. The lowest BCUT2D eigenvalue weighted by atomic mass is 10.2. The number of halogens is 2. The molecule has 0 aliphatic carbocycles. The molecule has 5 nitrogen and oxygen atoms in total. The normalized spacial score (nSPS) is 13.3. The van der Waals surface area contributed by atoms with Gasteiger partial charge in [-0.15, -0.1) is 0 Å². The van der Waals surface area contributed by atoms with Crippen molar-refractivity contribution < 1.29 is 22.7 Å². The molecule has 0 aliphatic rings. The van der Waals surface area contributed by atoms with Crippen molar-refractivity contribution in [1.82, 2.24) is 4.72 Å². The lowest BCUT2D eigenvalue weighted by Gasteiger charge is -2.13. The second-order valence-electron chi connectivity index (χ2n) is 4.00. The van der Waals surface area contributed by atoms with Gasteiger partial charge >= 0.3 is 5.97 Å². The molecule has 1 unspecified atom stereocenters. The summed E-state index contributed by atoms with van der Waals surface area (Å²) < 4.78 is 40.0. The van der Waals surface area contributed by atoms with Crippen molar-refractivity contribution in [2.45, 2.75) is 31.2 Å². The molecule has 1 aromatic rings. The van der Waals surface area contributed by atoms with E-state index in [1.165, 1.54) is 0 Å². The Balaban J connectivity index is 3.39. The van der Waals surface area contributed by atoms with Crippen LogP contribution in [-0.2, 0) is 10.0 Å². The summed E-state index contributed by atoms with van der Waals surface area (Å²) in [6.07, 6.45) is 0.507. The maximum Gasteiger partial charge on any atom is 0.338 e. The molecule has 0 spiro atoms. The average Bonchev–Trinajstić information content (AvgIpc) is 2.30. The highest BCUT2D eigenvalue weighted by Gasteiger charge is 2.26. The first-order chi connectivity index (χ1) is 8.69. The van der Waals surface area contributed by atoms with Gasteiger partial charge in [0.15, 0.2) is 5.82 Å². The molecular formula is C11H13ClFNO4S. The van der Waals surface area contributed by atoms with Crippen LogP contribution < -0.4 is 4.72 Å². The molecule has 1 atom stereocenters. The Bertz CT molecular complexity index is 603. The third kappa shape index (κ3) is 3.65. The molecule has 0 saturated heterocycles. The van der Waals surface area contributed by atoms with E-state index < -0.39 is 38.3 Å². The average molecular weight is 310 g/mol. The summed E-state index contributed by atoms with van der Waals surface area (Å²) in [5.74, 6) is -2.91. The van der Waals surface area contributed by atoms with Gasteiger partial charge in [-0.3, -0.25) is 0 Å². The molecule has 0 saturated carbocycles. The Labute approximate surface area is 115 Å². The largest absolute Gasteiger partial charge is 0.478 e. The summed E-state index contributed by atoms with van der Waals surface area (Å²) in [4.78, 5) is 10.1. The maximum atomic E-state index is 13.9. The van der Waals surface area contributed by atoms with E-state index in [4.69, 9.17) is 16.7 Å². The Hall–Kier alpha value is -1.18. The van der Waals surface area contributed by atoms with E-state index in [9.17, 15) is 17.6 Å². The molecule has 0 heterocycles. The minimum absolute atomic E-state index is 0.164. The number of rotatable bonds is 5. The van der Waals surface area contributed by atoms with E-state index >= 15 is 0 Å². The zero-order valence-corrected chi connectivity index (χ0v) is 11.8. The van der Waals surface area contributed by atoms with Crippen molar-refractivity contribution in [3.05, 3.63) is 28.5 Å². The van der Waals surface area contributed by atoms with Crippen LogP contribution >= 0.6 is 11.6 Å². The third-order valence-electron chi connectivity index (χ3n) is 2.49. The number of carboxylic acid groups (broad SMARTS) is 1. The smallest absolute Gasteiger partial charge is 0.338 e. The molecule has 0 fully saturated rings. The SMILES string of the molecule is CCC(C)NS(=O)(=O)c1cc(Cl)cc(C(=O)O)c1F. The number of nitrogens with one attached hydrogen (secondary N) is 1. The fourth-order valence-corrected chi connectivity index (χ4v) is 3.06. The molecule has 0 amide bonds. The van der Waals surface area contributed by atoms with Gasteiger partial charge in [0, 0.05) is 11.1 Å².